The van der Waals surface area contributed by atoms with Gasteiger partial charge in [0.05, 0.1) is 10.2 Å². The minimum atomic E-state index is -0.0493. The van der Waals surface area contributed by atoms with E-state index in [-0.39, 0.29) is 6.04 Å². The number of hydrogen-bond acceptors (Lipinski definition) is 3. The molecular weight excluding hydrogens is 232 g/mol. The van der Waals surface area contributed by atoms with E-state index in [4.69, 9.17) is 5.73 Å². The van der Waals surface area contributed by atoms with Gasteiger partial charge in [0.15, 0.2) is 5.65 Å². The molecule has 0 amide bonds. The zero-order chi connectivity index (χ0) is 9.42. The lowest BCUT2D eigenvalue weighted by molar-refractivity contribution is 0.790. The molecule has 0 aromatic carbocycles. The normalized spacial score (nSPS) is 13.5. The Morgan fingerprint density at radius 3 is 3.00 bits per heavy atom. The zero-order valence-electron chi connectivity index (χ0n) is 7.11. The van der Waals surface area contributed by atoms with Crippen molar-refractivity contribution in [2.24, 2.45) is 5.73 Å². The second kappa shape index (κ2) is 3.08. The van der Waals surface area contributed by atoms with E-state index >= 15 is 0 Å². The number of nitrogens with two attached hydrogens (primary N) is 1. The van der Waals surface area contributed by atoms with Crippen molar-refractivity contribution in [1.29, 1.82) is 0 Å². The molecule has 1 atom stereocenters. The first kappa shape index (κ1) is 8.65. The predicted octanol–water partition coefficient (Wildman–Crippen LogP) is 1.51. The molecule has 2 N–H and O–H groups in total. The van der Waals surface area contributed by atoms with Crippen molar-refractivity contribution in [2.75, 3.05) is 0 Å². The highest BCUT2D eigenvalue weighted by molar-refractivity contribution is 9.10. The first-order valence-corrected chi connectivity index (χ1v) is 4.71. The van der Waals surface area contributed by atoms with Crippen LogP contribution in [-0.2, 0) is 0 Å². The Morgan fingerprint density at radius 1 is 1.62 bits per heavy atom. The molecule has 0 radical (unpaired) electrons. The molecule has 2 heterocycles. The van der Waals surface area contributed by atoms with Crippen molar-refractivity contribution >= 4 is 21.6 Å². The van der Waals surface area contributed by atoms with Gasteiger partial charge in [0.2, 0.25) is 0 Å². The fraction of sp³-hybridized carbons (Fsp3) is 0.250. The number of aromatic nitrogens is 3. The summed E-state index contributed by atoms with van der Waals surface area (Å²) in [5.74, 6) is 0. The van der Waals surface area contributed by atoms with Gasteiger partial charge in [-0.05, 0) is 22.9 Å². The van der Waals surface area contributed by atoms with Crippen LogP contribution in [0.25, 0.3) is 5.65 Å². The third-order valence-corrected chi connectivity index (χ3v) is 2.37. The van der Waals surface area contributed by atoms with Gasteiger partial charge in [0.25, 0.3) is 0 Å². The van der Waals surface area contributed by atoms with Crippen LogP contribution in [0.3, 0.4) is 0 Å². The monoisotopic (exact) mass is 240 g/mol. The maximum Gasteiger partial charge on any atom is 0.154 e. The van der Waals surface area contributed by atoms with Crippen LogP contribution in [0, 0.1) is 0 Å². The Morgan fingerprint density at radius 2 is 2.38 bits per heavy atom. The van der Waals surface area contributed by atoms with Crippen LogP contribution in [0.4, 0.5) is 0 Å². The van der Waals surface area contributed by atoms with Crippen LogP contribution in [0.2, 0.25) is 0 Å². The lowest BCUT2D eigenvalue weighted by Crippen LogP contribution is -2.04. The molecule has 1 unspecified atom stereocenters. The lowest BCUT2D eigenvalue weighted by Gasteiger charge is -1.95. The Hall–Kier alpha value is -0.940. The van der Waals surface area contributed by atoms with E-state index in [1.54, 1.807) is 12.5 Å². The summed E-state index contributed by atoms with van der Waals surface area (Å²) in [6.45, 7) is 1.91. The largest absolute Gasteiger partial charge is 0.323 e. The minimum absolute atomic E-state index is 0.0493. The molecule has 2 rings (SSSR count). The van der Waals surface area contributed by atoms with E-state index in [1.807, 2.05) is 17.5 Å². The summed E-state index contributed by atoms with van der Waals surface area (Å²) in [5, 5.41) is 0. The summed E-state index contributed by atoms with van der Waals surface area (Å²) in [5.41, 5.74) is 7.43. The number of halogens is 1. The summed E-state index contributed by atoms with van der Waals surface area (Å²) in [7, 11) is 0. The molecule has 0 fully saturated rings. The SMILES string of the molecule is CC(N)c1cn2cncc(Br)c2n1. The van der Waals surface area contributed by atoms with Crippen LogP contribution >= 0.6 is 15.9 Å². The third kappa shape index (κ3) is 1.45. The highest BCUT2D eigenvalue weighted by atomic mass is 79.9. The maximum atomic E-state index is 5.72. The molecule has 68 valence electrons. The van der Waals surface area contributed by atoms with Gasteiger partial charge < -0.3 is 5.73 Å². The van der Waals surface area contributed by atoms with Gasteiger partial charge in [-0.3, -0.25) is 4.40 Å². The summed E-state index contributed by atoms with van der Waals surface area (Å²) >= 11 is 3.37. The standard InChI is InChI=1S/C8H9BrN4/c1-5(10)7-3-13-4-11-2-6(9)8(13)12-7/h2-5H,10H2,1H3. The first-order valence-electron chi connectivity index (χ1n) is 3.92. The molecule has 0 saturated heterocycles. The molecule has 0 aliphatic rings. The Balaban J connectivity index is 2.68. The maximum absolute atomic E-state index is 5.72. The number of nitrogens with zero attached hydrogens (tertiary/aromatic N) is 3. The van der Waals surface area contributed by atoms with Gasteiger partial charge in [-0.15, -0.1) is 0 Å². The molecule has 2 aromatic rings. The molecule has 2 aromatic heterocycles. The zero-order valence-corrected chi connectivity index (χ0v) is 8.69. The smallest absolute Gasteiger partial charge is 0.154 e. The number of fused-ring (bicyclic) bond motifs is 1. The van der Waals surface area contributed by atoms with Crippen LogP contribution in [0.5, 0.6) is 0 Å². The lowest BCUT2D eigenvalue weighted by atomic mass is 10.3. The van der Waals surface area contributed by atoms with Crippen LogP contribution < -0.4 is 5.73 Å². The second-order valence-corrected chi connectivity index (χ2v) is 3.78. The van der Waals surface area contributed by atoms with Gasteiger partial charge in [-0.2, -0.15) is 0 Å². The molecule has 5 heteroatoms. The Bertz CT molecular complexity index is 435. The van der Waals surface area contributed by atoms with Gasteiger partial charge in [0, 0.05) is 18.4 Å². The molecule has 0 aliphatic heterocycles. The van der Waals surface area contributed by atoms with Crippen molar-refractivity contribution in [3.63, 3.8) is 0 Å². The van der Waals surface area contributed by atoms with Crippen molar-refractivity contribution in [2.45, 2.75) is 13.0 Å². The van der Waals surface area contributed by atoms with E-state index in [9.17, 15) is 0 Å². The van der Waals surface area contributed by atoms with E-state index in [1.165, 1.54) is 0 Å². The minimum Gasteiger partial charge on any atom is -0.323 e. The quantitative estimate of drug-likeness (QED) is 0.823. The van der Waals surface area contributed by atoms with Gasteiger partial charge in [0.1, 0.15) is 6.33 Å². The summed E-state index contributed by atoms with van der Waals surface area (Å²) < 4.78 is 2.73. The summed E-state index contributed by atoms with van der Waals surface area (Å²) in [4.78, 5) is 8.38. The molecule has 0 aliphatic carbocycles. The predicted molar refractivity (Wildman–Crippen MR) is 53.3 cm³/mol. The number of rotatable bonds is 1. The van der Waals surface area contributed by atoms with Crippen molar-refractivity contribution < 1.29 is 0 Å². The molecule has 0 saturated carbocycles. The van der Waals surface area contributed by atoms with Gasteiger partial charge in [-0.1, -0.05) is 0 Å². The third-order valence-electron chi connectivity index (χ3n) is 1.81. The molecule has 0 spiro atoms. The van der Waals surface area contributed by atoms with Gasteiger partial charge in [-0.25, -0.2) is 9.97 Å². The second-order valence-electron chi connectivity index (χ2n) is 2.93. The summed E-state index contributed by atoms with van der Waals surface area (Å²) in [6, 6.07) is -0.0493. The Kier molecular flexibility index (Phi) is 2.05. The van der Waals surface area contributed by atoms with Crippen LogP contribution in [0.1, 0.15) is 18.7 Å². The van der Waals surface area contributed by atoms with E-state index < -0.39 is 0 Å². The average Bonchev–Trinajstić information content (AvgIpc) is 2.49. The first-order chi connectivity index (χ1) is 6.18. The highest BCUT2D eigenvalue weighted by Gasteiger charge is 2.07. The molecule has 4 nitrogen and oxygen atoms in total. The van der Waals surface area contributed by atoms with Crippen LogP contribution in [-0.4, -0.2) is 14.4 Å². The van der Waals surface area contributed by atoms with Crippen LogP contribution in [0.15, 0.2) is 23.2 Å². The van der Waals surface area contributed by atoms with Crippen molar-refractivity contribution in [3.05, 3.63) is 28.9 Å². The number of imidazole rings is 1. The molecule has 0 bridgehead atoms. The van der Waals surface area contributed by atoms with Crippen molar-refractivity contribution in [3.8, 4) is 0 Å². The van der Waals surface area contributed by atoms with E-state index in [2.05, 4.69) is 25.9 Å². The molecular formula is C8H9BrN4. The fourth-order valence-corrected chi connectivity index (χ4v) is 1.54. The summed E-state index contributed by atoms with van der Waals surface area (Å²) in [6.07, 6.45) is 5.31. The van der Waals surface area contributed by atoms with Crippen molar-refractivity contribution in [1.82, 2.24) is 14.4 Å². The fourth-order valence-electron chi connectivity index (χ4n) is 1.13. The average molecular weight is 241 g/mol. The topological polar surface area (TPSA) is 56.2 Å². The number of hydrogen-bond donors (Lipinski definition) is 1. The molecule has 13 heavy (non-hydrogen) atoms. The Labute approximate surface area is 83.9 Å². The van der Waals surface area contributed by atoms with E-state index in [0.29, 0.717) is 0 Å². The van der Waals surface area contributed by atoms with E-state index in [0.717, 1.165) is 15.8 Å². The highest BCUT2D eigenvalue weighted by Crippen LogP contribution is 2.17. The van der Waals surface area contributed by atoms with Gasteiger partial charge >= 0.3 is 0 Å².